The van der Waals surface area contributed by atoms with Crippen molar-refractivity contribution in [3.05, 3.63) is 75.2 Å². The molecule has 1 N–H and O–H groups in total. The highest BCUT2D eigenvalue weighted by Gasteiger charge is 2.19. The molecule has 0 fully saturated rings. The van der Waals surface area contributed by atoms with Gasteiger partial charge in [-0.25, -0.2) is 9.97 Å². The maximum Gasteiger partial charge on any atom is 0.233 e. The Balaban J connectivity index is 1.50. The van der Waals surface area contributed by atoms with Crippen molar-refractivity contribution >= 4 is 49.7 Å². The second-order valence-corrected chi connectivity index (χ2v) is 8.82. The van der Waals surface area contributed by atoms with Crippen LogP contribution in [0.3, 0.4) is 0 Å². The van der Waals surface area contributed by atoms with Crippen LogP contribution in [0.2, 0.25) is 0 Å². The Morgan fingerprint density at radius 1 is 1.12 bits per heavy atom. The van der Waals surface area contributed by atoms with E-state index in [2.05, 4.69) is 15.3 Å². The summed E-state index contributed by atoms with van der Waals surface area (Å²) >= 11 is 2.70. The van der Waals surface area contributed by atoms with Crippen molar-refractivity contribution in [3.63, 3.8) is 0 Å². The van der Waals surface area contributed by atoms with Crippen LogP contribution in [0.25, 0.3) is 10.2 Å². The normalized spacial score (nSPS) is 11.5. The number of anilines is 1. The Hall–Kier alpha value is -3.92. The quantitative estimate of drug-likeness (QED) is 0.420. The van der Waals surface area contributed by atoms with Crippen LogP contribution in [0.1, 0.15) is 45.6 Å². The maximum atomic E-state index is 12.8. The fourth-order valence-corrected chi connectivity index (χ4v) is 4.64. The van der Waals surface area contributed by atoms with Gasteiger partial charge in [-0.15, -0.1) is 11.3 Å². The zero-order valence-corrected chi connectivity index (χ0v) is 18.5. The van der Waals surface area contributed by atoms with Crippen molar-refractivity contribution in [2.45, 2.75) is 19.3 Å². The topological polar surface area (TPSA) is 120 Å². The van der Waals surface area contributed by atoms with Crippen molar-refractivity contribution in [2.75, 3.05) is 5.32 Å². The average Bonchev–Trinajstić information content (AvgIpc) is 3.47. The molecule has 4 rings (SSSR count). The number of nitriles is 2. The van der Waals surface area contributed by atoms with Crippen molar-refractivity contribution < 1.29 is 9.59 Å². The number of ketones is 1. The highest BCUT2D eigenvalue weighted by atomic mass is 32.1. The number of hydrogen-bond acceptors (Lipinski definition) is 8. The summed E-state index contributed by atoms with van der Waals surface area (Å²) < 4.78 is 0.856. The number of amides is 1. The number of hydrogen-bond donors (Lipinski definition) is 1. The molecule has 0 aliphatic carbocycles. The van der Waals surface area contributed by atoms with Gasteiger partial charge in [0.25, 0.3) is 0 Å². The Labute approximate surface area is 191 Å². The maximum absolute atomic E-state index is 12.8. The minimum absolute atomic E-state index is 0.0474. The van der Waals surface area contributed by atoms with Gasteiger partial charge < -0.3 is 5.32 Å². The molecule has 1 atom stereocenters. The molecule has 2 aromatic carbocycles. The lowest BCUT2D eigenvalue weighted by Crippen LogP contribution is -2.19. The second kappa shape index (κ2) is 9.06. The molecule has 0 bridgehead atoms. The number of rotatable bonds is 6. The van der Waals surface area contributed by atoms with Gasteiger partial charge in [-0.2, -0.15) is 10.5 Å². The average molecular weight is 458 g/mol. The Morgan fingerprint density at radius 2 is 1.88 bits per heavy atom. The third-order valence-corrected chi connectivity index (χ3v) is 6.39. The number of thiazole rings is 2. The van der Waals surface area contributed by atoms with Crippen LogP contribution in [0.5, 0.6) is 0 Å². The molecule has 0 saturated carbocycles. The van der Waals surface area contributed by atoms with Crippen LogP contribution >= 0.6 is 22.7 Å². The van der Waals surface area contributed by atoms with E-state index in [0.29, 0.717) is 27.5 Å². The number of carbonyl (C=O) groups is 2. The molecule has 0 spiro atoms. The molecule has 1 amide bonds. The lowest BCUT2D eigenvalue weighted by molar-refractivity contribution is -0.117. The van der Waals surface area contributed by atoms with Gasteiger partial charge in [0.15, 0.2) is 10.9 Å². The first-order chi connectivity index (χ1) is 15.5. The van der Waals surface area contributed by atoms with Gasteiger partial charge in [0.1, 0.15) is 5.69 Å². The van der Waals surface area contributed by atoms with E-state index in [1.807, 2.05) is 30.3 Å². The molecular weight excluding hydrogens is 442 g/mol. The molecule has 0 saturated heterocycles. The van der Waals surface area contributed by atoms with Crippen molar-refractivity contribution in [1.82, 2.24) is 9.97 Å². The van der Waals surface area contributed by atoms with E-state index >= 15 is 0 Å². The summed E-state index contributed by atoms with van der Waals surface area (Å²) in [5.41, 5.74) is 4.91. The monoisotopic (exact) mass is 457 g/mol. The fraction of sp³-hybridized carbons (Fsp3) is 0.130. The van der Waals surface area contributed by atoms with E-state index in [1.54, 1.807) is 29.9 Å². The standard InChI is InChI=1S/C23H15N5O2S2/c1-13(17-5-15(9-24)4-16(6-17)10-25)22(30)28-23-27-18-3-2-14(8-21(18)32-23)7-20(29)19-11-31-12-26-19/h2-6,8,11-13H,7H2,1H3,(H,27,28,30). The van der Waals surface area contributed by atoms with Crippen molar-refractivity contribution in [1.29, 1.82) is 10.5 Å². The molecule has 2 heterocycles. The van der Waals surface area contributed by atoms with Gasteiger partial charge in [0.05, 0.1) is 44.9 Å². The van der Waals surface area contributed by atoms with Crippen LogP contribution in [0.4, 0.5) is 5.13 Å². The molecule has 2 aromatic heterocycles. The molecule has 0 aliphatic rings. The van der Waals surface area contributed by atoms with Gasteiger partial charge in [-0.3, -0.25) is 9.59 Å². The molecule has 9 heteroatoms. The Morgan fingerprint density at radius 3 is 2.53 bits per heavy atom. The first-order valence-electron chi connectivity index (χ1n) is 9.53. The molecule has 156 valence electrons. The van der Waals surface area contributed by atoms with Crippen LogP contribution in [-0.4, -0.2) is 21.7 Å². The highest BCUT2D eigenvalue weighted by molar-refractivity contribution is 7.22. The summed E-state index contributed by atoms with van der Waals surface area (Å²) in [6, 6.07) is 14.3. The van der Waals surface area contributed by atoms with Gasteiger partial charge in [0, 0.05) is 11.8 Å². The van der Waals surface area contributed by atoms with Crippen molar-refractivity contribution in [3.8, 4) is 12.1 Å². The fourth-order valence-electron chi connectivity index (χ4n) is 3.15. The molecule has 32 heavy (non-hydrogen) atoms. The summed E-state index contributed by atoms with van der Waals surface area (Å²) in [6.45, 7) is 1.71. The minimum Gasteiger partial charge on any atom is -0.301 e. The first kappa shape index (κ1) is 21.3. The van der Waals surface area contributed by atoms with Crippen molar-refractivity contribution in [2.24, 2.45) is 0 Å². The summed E-state index contributed by atoms with van der Waals surface area (Å²) in [5.74, 6) is -0.913. The number of Topliss-reactive ketones (excluding diaryl/α,β-unsaturated/α-hetero) is 1. The van der Waals surface area contributed by atoms with E-state index in [0.717, 1.165) is 15.8 Å². The second-order valence-electron chi connectivity index (χ2n) is 7.07. The Bertz CT molecular complexity index is 1380. The predicted molar refractivity (Wildman–Crippen MR) is 123 cm³/mol. The molecule has 1 unspecified atom stereocenters. The summed E-state index contributed by atoms with van der Waals surface area (Å²) in [6.07, 6.45) is 0.243. The Kier molecular flexibility index (Phi) is 6.04. The minimum atomic E-state index is -0.575. The SMILES string of the molecule is CC(C(=O)Nc1nc2ccc(CC(=O)c3cscn3)cc2s1)c1cc(C#N)cc(C#N)c1. The lowest BCUT2D eigenvalue weighted by atomic mass is 9.96. The molecular formula is C23H15N5O2S2. The number of aromatic nitrogens is 2. The summed E-state index contributed by atoms with van der Waals surface area (Å²) in [7, 11) is 0. The number of fused-ring (bicyclic) bond motifs is 1. The molecule has 0 aliphatic heterocycles. The zero-order valence-electron chi connectivity index (χ0n) is 16.8. The molecule has 7 nitrogen and oxygen atoms in total. The summed E-state index contributed by atoms with van der Waals surface area (Å²) in [4.78, 5) is 33.6. The van der Waals surface area contributed by atoms with E-state index in [9.17, 15) is 9.59 Å². The van der Waals surface area contributed by atoms with E-state index in [4.69, 9.17) is 10.5 Å². The van der Waals surface area contributed by atoms with E-state index in [-0.39, 0.29) is 18.1 Å². The van der Waals surface area contributed by atoms with E-state index < -0.39 is 5.92 Å². The number of carbonyl (C=O) groups excluding carboxylic acids is 2. The number of nitrogens with zero attached hydrogens (tertiary/aromatic N) is 4. The van der Waals surface area contributed by atoms with Crippen LogP contribution in [-0.2, 0) is 11.2 Å². The number of benzene rings is 2. The zero-order chi connectivity index (χ0) is 22.7. The lowest BCUT2D eigenvalue weighted by Gasteiger charge is -2.11. The van der Waals surface area contributed by atoms with Crippen LogP contribution in [0, 0.1) is 22.7 Å². The van der Waals surface area contributed by atoms with E-state index in [1.165, 1.54) is 28.7 Å². The molecule has 0 radical (unpaired) electrons. The van der Waals surface area contributed by atoms with Gasteiger partial charge in [-0.1, -0.05) is 17.4 Å². The van der Waals surface area contributed by atoms with Crippen LogP contribution < -0.4 is 5.32 Å². The predicted octanol–water partition coefficient (Wildman–Crippen LogP) is 4.66. The smallest absolute Gasteiger partial charge is 0.233 e. The van der Waals surface area contributed by atoms with Gasteiger partial charge in [0.2, 0.25) is 5.91 Å². The highest BCUT2D eigenvalue weighted by Crippen LogP contribution is 2.29. The molecule has 4 aromatic rings. The van der Waals surface area contributed by atoms with Gasteiger partial charge in [-0.05, 0) is 48.4 Å². The summed E-state index contributed by atoms with van der Waals surface area (Å²) in [5, 5.41) is 23.3. The third-order valence-electron chi connectivity index (χ3n) is 4.87. The number of nitrogens with one attached hydrogen (secondary N) is 1. The van der Waals surface area contributed by atoms with Crippen LogP contribution in [0.15, 0.2) is 47.3 Å². The largest absolute Gasteiger partial charge is 0.301 e. The first-order valence-corrected chi connectivity index (χ1v) is 11.3. The third kappa shape index (κ3) is 4.54. The van der Waals surface area contributed by atoms with Gasteiger partial charge >= 0.3 is 0 Å².